The van der Waals surface area contributed by atoms with Gasteiger partial charge in [-0.25, -0.2) is 4.98 Å². The van der Waals surface area contributed by atoms with Crippen molar-refractivity contribution in [1.29, 1.82) is 0 Å². The number of carboxylic acid groups (broad SMARTS) is 1. The molecule has 2 N–H and O–H groups in total. The van der Waals surface area contributed by atoms with Gasteiger partial charge in [-0.15, -0.1) is 0 Å². The van der Waals surface area contributed by atoms with Crippen LogP contribution >= 0.6 is 0 Å². The first kappa shape index (κ1) is 11.1. The Hall–Kier alpha value is -2.02. The molecule has 2 aromatic heterocycles. The maximum atomic E-state index is 11.0. The van der Waals surface area contributed by atoms with Gasteiger partial charge in [-0.3, -0.25) is 4.79 Å². The second-order valence-electron chi connectivity index (χ2n) is 4.38. The molecule has 2 atom stereocenters. The molecule has 0 saturated carbocycles. The van der Waals surface area contributed by atoms with E-state index in [0.29, 0.717) is 24.5 Å². The van der Waals surface area contributed by atoms with Crippen LogP contribution < -0.4 is 5.32 Å². The van der Waals surface area contributed by atoms with Crippen LogP contribution in [0, 0.1) is 0 Å². The largest absolute Gasteiger partial charge is 0.480 e. The molecule has 0 radical (unpaired) electrons. The minimum Gasteiger partial charge on any atom is -0.480 e. The van der Waals surface area contributed by atoms with Gasteiger partial charge in [0.2, 0.25) is 0 Å². The van der Waals surface area contributed by atoms with Gasteiger partial charge in [0.05, 0.1) is 11.6 Å². The maximum absolute atomic E-state index is 11.0. The number of carboxylic acids is 1. The third kappa shape index (κ3) is 1.92. The molecule has 1 aliphatic heterocycles. The van der Waals surface area contributed by atoms with Crippen molar-refractivity contribution in [3.05, 3.63) is 18.2 Å². The second kappa shape index (κ2) is 4.34. The van der Waals surface area contributed by atoms with E-state index < -0.39 is 12.0 Å². The average Bonchev–Trinajstić information content (AvgIpc) is 2.86. The molecule has 2 unspecified atom stereocenters. The summed E-state index contributed by atoms with van der Waals surface area (Å²) in [7, 11) is 0. The third-order valence-electron chi connectivity index (χ3n) is 3.20. The summed E-state index contributed by atoms with van der Waals surface area (Å²) in [5.74, 6) is -0.158. The van der Waals surface area contributed by atoms with Crippen molar-refractivity contribution < 1.29 is 14.4 Å². The van der Waals surface area contributed by atoms with Crippen molar-refractivity contribution in [2.24, 2.45) is 0 Å². The van der Waals surface area contributed by atoms with Gasteiger partial charge in [-0.2, -0.15) is 4.98 Å². The van der Waals surface area contributed by atoms with Crippen LogP contribution in [0.2, 0.25) is 0 Å². The van der Waals surface area contributed by atoms with E-state index in [1.165, 1.54) is 0 Å². The summed E-state index contributed by atoms with van der Waals surface area (Å²) in [5.41, 5.74) is 0.449. The number of nitrogens with one attached hydrogen (secondary N) is 1. The lowest BCUT2D eigenvalue weighted by Crippen LogP contribution is -2.43. The highest BCUT2D eigenvalue weighted by molar-refractivity contribution is 5.73. The van der Waals surface area contributed by atoms with Crippen LogP contribution in [0.3, 0.4) is 0 Å². The van der Waals surface area contributed by atoms with Gasteiger partial charge in [0.15, 0.2) is 0 Å². The summed E-state index contributed by atoms with van der Waals surface area (Å²) in [6.45, 7) is 0.652. The molecule has 0 amide bonds. The Morgan fingerprint density at radius 2 is 2.39 bits per heavy atom. The minimum atomic E-state index is -0.833. The summed E-state index contributed by atoms with van der Waals surface area (Å²) >= 11 is 0. The SMILES string of the molecule is O=C(O)C1CC(c2ncc3cnoc3n2)CCN1. The first-order valence-corrected chi connectivity index (χ1v) is 5.77. The van der Waals surface area contributed by atoms with E-state index in [-0.39, 0.29) is 5.92 Å². The molecule has 1 saturated heterocycles. The number of piperidine rings is 1. The van der Waals surface area contributed by atoms with Crippen molar-refractivity contribution >= 4 is 17.1 Å². The number of rotatable bonds is 2. The highest BCUT2D eigenvalue weighted by Gasteiger charge is 2.29. The first-order chi connectivity index (χ1) is 8.74. The number of fused-ring (bicyclic) bond motifs is 1. The maximum Gasteiger partial charge on any atom is 0.320 e. The van der Waals surface area contributed by atoms with Crippen molar-refractivity contribution in [2.75, 3.05) is 6.54 Å². The van der Waals surface area contributed by atoms with Crippen LogP contribution in [-0.4, -0.2) is 38.8 Å². The van der Waals surface area contributed by atoms with Crippen molar-refractivity contribution in [3.63, 3.8) is 0 Å². The topological polar surface area (TPSA) is 101 Å². The molecule has 0 aromatic carbocycles. The number of carbonyl (C=O) groups is 1. The Balaban J connectivity index is 1.86. The van der Waals surface area contributed by atoms with Gasteiger partial charge >= 0.3 is 5.97 Å². The highest BCUT2D eigenvalue weighted by Crippen LogP contribution is 2.26. The molecule has 0 aliphatic carbocycles. The highest BCUT2D eigenvalue weighted by atomic mass is 16.5. The summed E-state index contributed by atoms with van der Waals surface area (Å²) in [4.78, 5) is 19.5. The van der Waals surface area contributed by atoms with E-state index in [0.717, 1.165) is 11.8 Å². The predicted molar refractivity (Wildman–Crippen MR) is 61.0 cm³/mol. The fourth-order valence-corrected chi connectivity index (χ4v) is 2.22. The zero-order chi connectivity index (χ0) is 12.5. The van der Waals surface area contributed by atoms with Crippen LogP contribution in [0.5, 0.6) is 0 Å². The molecule has 0 spiro atoms. The number of aliphatic carboxylic acids is 1. The molecule has 3 heterocycles. The van der Waals surface area contributed by atoms with Gasteiger partial charge in [0.1, 0.15) is 11.9 Å². The predicted octanol–water partition coefficient (Wildman–Crippen LogP) is 0.538. The average molecular weight is 248 g/mol. The van der Waals surface area contributed by atoms with Crippen molar-refractivity contribution in [3.8, 4) is 0 Å². The van der Waals surface area contributed by atoms with Crippen LogP contribution in [0.1, 0.15) is 24.6 Å². The van der Waals surface area contributed by atoms with Crippen molar-refractivity contribution in [1.82, 2.24) is 20.4 Å². The number of hydrogen-bond acceptors (Lipinski definition) is 6. The van der Waals surface area contributed by atoms with E-state index in [1.54, 1.807) is 12.4 Å². The van der Waals surface area contributed by atoms with Crippen LogP contribution in [-0.2, 0) is 4.79 Å². The molecule has 0 bridgehead atoms. The van der Waals surface area contributed by atoms with E-state index in [2.05, 4.69) is 20.4 Å². The summed E-state index contributed by atoms with van der Waals surface area (Å²) < 4.78 is 4.99. The van der Waals surface area contributed by atoms with Crippen LogP contribution in [0.15, 0.2) is 16.9 Å². The Morgan fingerprint density at radius 3 is 3.22 bits per heavy atom. The van der Waals surface area contributed by atoms with Gasteiger partial charge in [0, 0.05) is 12.1 Å². The first-order valence-electron chi connectivity index (χ1n) is 5.77. The molecule has 7 nitrogen and oxygen atoms in total. The van der Waals surface area contributed by atoms with Crippen molar-refractivity contribution in [2.45, 2.75) is 24.8 Å². The quantitative estimate of drug-likeness (QED) is 0.799. The summed E-state index contributed by atoms with van der Waals surface area (Å²) in [6, 6.07) is -0.530. The molecule has 2 aromatic rings. The summed E-state index contributed by atoms with van der Waals surface area (Å²) in [6.07, 6.45) is 4.53. The molecule has 7 heteroatoms. The molecule has 3 rings (SSSR count). The molecular formula is C11H12N4O3. The summed E-state index contributed by atoms with van der Waals surface area (Å²) in [5, 5.41) is 16.4. The minimum absolute atomic E-state index is 0.0434. The van der Waals surface area contributed by atoms with E-state index in [4.69, 9.17) is 9.63 Å². The zero-order valence-electron chi connectivity index (χ0n) is 9.54. The second-order valence-corrected chi connectivity index (χ2v) is 4.38. The third-order valence-corrected chi connectivity index (χ3v) is 3.20. The standard InChI is InChI=1S/C11H12N4O3/c16-11(17)8-3-6(1-2-12-8)9-13-4-7-5-14-18-10(7)15-9/h4-6,8,12H,1-3H2,(H,16,17). The van der Waals surface area contributed by atoms with Gasteiger partial charge < -0.3 is 14.9 Å². The lowest BCUT2D eigenvalue weighted by Gasteiger charge is -2.26. The lowest BCUT2D eigenvalue weighted by atomic mass is 9.92. The Labute approximate surface area is 102 Å². The van der Waals surface area contributed by atoms with E-state index in [9.17, 15) is 4.79 Å². The van der Waals surface area contributed by atoms with Gasteiger partial charge in [-0.05, 0) is 19.4 Å². The number of nitrogens with zero attached hydrogens (tertiary/aromatic N) is 3. The number of hydrogen-bond donors (Lipinski definition) is 2. The zero-order valence-corrected chi connectivity index (χ0v) is 9.54. The van der Waals surface area contributed by atoms with Crippen LogP contribution in [0.25, 0.3) is 11.1 Å². The Morgan fingerprint density at radius 1 is 1.50 bits per heavy atom. The fraction of sp³-hybridized carbons (Fsp3) is 0.455. The number of aromatic nitrogens is 3. The molecule has 1 fully saturated rings. The van der Waals surface area contributed by atoms with Gasteiger partial charge in [-0.1, -0.05) is 5.16 Å². The monoisotopic (exact) mass is 248 g/mol. The molecular weight excluding hydrogens is 236 g/mol. The lowest BCUT2D eigenvalue weighted by molar-refractivity contribution is -0.140. The van der Waals surface area contributed by atoms with E-state index in [1.807, 2.05) is 0 Å². The fourth-order valence-electron chi connectivity index (χ4n) is 2.22. The van der Waals surface area contributed by atoms with Gasteiger partial charge in [0.25, 0.3) is 5.71 Å². The smallest absolute Gasteiger partial charge is 0.320 e. The van der Waals surface area contributed by atoms with Crippen LogP contribution in [0.4, 0.5) is 0 Å². The Bertz CT molecular complexity index is 582. The Kier molecular flexibility index (Phi) is 2.67. The molecule has 94 valence electrons. The molecule has 1 aliphatic rings. The van der Waals surface area contributed by atoms with E-state index >= 15 is 0 Å². The normalized spacial score (nSPS) is 24.2. The molecule has 18 heavy (non-hydrogen) atoms.